The van der Waals surface area contributed by atoms with Crippen LogP contribution in [-0.2, 0) is 4.79 Å². The number of aromatic nitrogens is 4. The summed E-state index contributed by atoms with van der Waals surface area (Å²) in [4.78, 5) is 19.0. The fourth-order valence-electron chi connectivity index (χ4n) is 3.24. The van der Waals surface area contributed by atoms with Crippen LogP contribution in [0, 0.1) is 5.82 Å². The number of nitrogens with zero attached hydrogens (tertiary/aromatic N) is 5. The first-order chi connectivity index (χ1) is 14.1. The van der Waals surface area contributed by atoms with E-state index in [1.807, 2.05) is 42.5 Å². The van der Waals surface area contributed by atoms with E-state index in [0.29, 0.717) is 29.7 Å². The zero-order valence-corrected chi connectivity index (χ0v) is 17.0. The van der Waals surface area contributed by atoms with Gasteiger partial charge in [0.25, 0.3) is 0 Å². The Labute approximate surface area is 171 Å². The molecule has 0 N–H and O–H groups in total. The molecule has 148 valence electrons. The van der Waals surface area contributed by atoms with Crippen molar-refractivity contribution >= 4 is 34.2 Å². The van der Waals surface area contributed by atoms with E-state index in [4.69, 9.17) is 4.98 Å². The number of halogens is 1. The van der Waals surface area contributed by atoms with E-state index in [-0.39, 0.29) is 17.5 Å². The smallest absolute Gasteiger partial charge is 0.233 e. The Morgan fingerprint density at radius 3 is 2.52 bits per heavy atom. The highest BCUT2D eigenvalue weighted by molar-refractivity contribution is 7.99. The number of amides is 1. The quantitative estimate of drug-likeness (QED) is 0.450. The molecule has 0 spiro atoms. The van der Waals surface area contributed by atoms with E-state index >= 15 is 0 Å². The van der Waals surface area contributed by atoms with Gasteiger partial charge in [-0.2, -0.15) is 0 Å². The van der Waals surface area contributed by atoms with E-state index in [9.17, 15) is 9.18 Å². The summed E-state index contributed by atoms with van der Waals surface area (Å²) in [6.07, 6.45) is 0. The summed E-state index contributed by atoms with van der Waals surface area (Å²) in [7, 11) is 0. The number of fused-ring (bicyclic) bond motifs is 3. The van der Waals surface area contributed by atoms with Gasteiger partial charge in [0.15, 0.2) is 10.8 Å². The molecule has 0 atom stereocenters. The van der Waals surface area contributed by atoms with Crippen LogP contribution >= 0.6 is 11.8 Å². The minimum atomic E-state index is -0.311. The van der Waals surface area contributed by atoms with Crippen molar-refractivity contribution in [3.8, 4) is 11.4 Å². The molecule has 0 bridgehead atoms. The fourth-order valence-corrected chi connectivity index (χ4v) is 4.08. The summed E-state index contributed by atoms with van der Waals surface area (Å²) in [5, 5.41) is 10.1. The lowest BCUT2D eigenvalue weighted by molar-refractivity contribution is -0.127. The van der Waals surface area contributed by atoms with Crippen molar-refractivity contribution in [1.82, 2.24) is 24.5 Å². The molecule has 6 nitrogen and oxygen atoms in total. The fraction of sp³-hybridized carbons (Fsp3) is 0.238. The van der Waals surface area contributed by atoms with Crippen LogP contribution in [-0.4, -0.2) is 49.2 Å². The van der Waals surface area contributed by atoms with E-state index in [1.165, 1.54) is 23.9 Å². The monoisotopic (exact) mass is 409 g/mol. The second kappa shape index (κ2) is 8.16. The number of carbonyl (C=O) groups is 1. The average molecular weight is 409 g/mol. The Balaban J connectivity index is 1.83. The van der Waals surface area contributed by atoms with Crippen LogP contribution in [0.1, 0.15) is 13.8 Å². The van der Waals surface area contributed by atoms with Crippen molar-refractivity contribution < 1.29 is 9.18 Å². The molecule has 0 aliphatic heterocycles. The Kier molecular flexibility index (Phi) is 5.44. The molecule has 0 aliphatic rings. The summed E-state index contributed by atoms with van der Waals surface area (Å²) < 4.78 is 15.3. The Hall–Kier alpha value is -3.00. The van der Waals surface area contributed by atoms with Gasteiger partial charge in [-0.15, -0.1) is 10.2 Å². The van der Waals surface area contributed by atoms with Gasteiger partial charge in [-0.3, -0.25) is 9.20 Å². The summed E-state index contributed by atoms with van der Waals surface area (Å²) in [6.45, 7) is 5.26. The van der Waals surface area contributed by atoms with Crippen LogP contribution < -0.4 is 0 Å². The van der Waals surface area contributed by atoms with E-state index < -0.39 is 0 Å². The lowest BCUT2D eigenvalue weighted by Crippen LogP contribution is -2.31. The van der Waals surface area contributed by atoms with Gasteiger partial charge in [0, 0.05) is 24.0 Å². The molecule has 8 heteroatoms. The molecule has 4 aromatic rings. The van der Waals surface area contributed by atoms with Crippen molar-refractivity contribution in [3.63, 3.8) is 0 Å². The molecule has 0 saturated carbocycles. The molecular formula is C21H20FN5OS. The molecule has 0 saturated heterocycles. The third-order valence-corrected chi connectivity index (χ3v) is 5.67. The van der Waals surface area contributed by atoms with Crippen LogP contribution in [0.5, 0.6) is 0 Å². The molecule has 29 heavy (non-hydrogen) atoms. The van der Waals surface area contributed by atoms with Gasteiger partial charge < -0.3 is 4.90 Å². The standard InChI is InChI=1S/C21H20FN5OS/c1-3-26(4-2)18(28)13-29-21-25-24-20-16-7-5-6-8-17(16)23-19(27(20)21)14-9-11-15(22)12-10-14/h5-12H,3-4,13H2,1-2H3. The maximum Gasteiger partial charge on any atom is 0.233 e. The molecule has 2 aromatic carbocycles. The van der Waals surface area contributed by atoms with Crippen LogP contribution in [0.25, 0.3) is 27.9 Å². The molecule has 2 heterocycles. The maximum absolute atomic E-state index is 13.4. The third kappa shape index (κ3) is 3.67. The predicted octanol–water partition coefficient (Wildman–Crippen LogP) is 4.04. The number of thioether (sulfide) groups is 1. The first-order valence-electron chi connectivity index (χ1n) is 9.42. The highest BCUT2D eigenvalue weighted by Gasteiger charge is 2.18. The van der Waals surface area contributed by atoms with E-state index in [2.05, 4.69) is 10.2 Å². The second-order valence-electron chi connectivity index (χ2n) is 6.46. The number of hydrogen-bond donors (Lipinski definition) is 0. The van der Waals surface area contributed by atoms with Crippen molar-refractivity contribution in [2.24, 2.45) is 0 Å². The number of carbonyl (C=O) groups excluding carboxylic acids is 1. The maximum atomic E-state index is 13.4. The van der Waals surface area contributed by atoms with Gasteiger partial charge in [0.2, 0.25) is 5.91 Å². The van der Waals surface area contributed by atoms with E-state index in [0.717, 1.165) is 16.5 Å². The highest BCUT2D eigenvalue weighted by Crippen LogP contribution is 2.29. The van der Waals surface area contributed by atoms with Crippen LogP contribution in [0.15, 0.2) is 53.7 Å². The van der Waals surface area contributed by atoms with E-state index in [1.54, 1.807) is 17.0 Å². The van der Waals surface area contributed by atoms with Gasteiger partial charge in [-0.05, 0) is 50.2 Å². The Bertz CT molecular complexity index is 1170. The van der Waals surface area contributed by atoms with Crippen LogP contribution in [0.3, 0.4) is 0 Å². The van der Waals surface area contributed by atoms with Gasteiger partial charge in [-0.1, -0.05) is 23.9 Å². The molecule has 0 radical (unpaired) electrons. The van der Waals surface area contributed by atoms with Gasteiger partial charge >= 0.3 is 0 Å². The molecule has 2 aromatic heterocycles. The Morgan fingerprint density at radius 2 is 1.79 bits per heavy atom. The normalized spacial score (nSPS) is 11.3. The highest BCUT2D eigenvalue weighted by atomic mass is 32.2. The summed E-state index contributed by atoms with van der Waals surface area (Å²) in [5.41, 5.74) is 2.19. The number of para-hydroxylation sites is 1. The van der Waals surface area contributed by atoms with Gasteiger partial charge in [0.1, 0.15) is 11.6 Å². The summed E-state index contributed by atoms with van der Waals surface area (Å²) >= 11 is 1.33. The minimum absolute atomic E-state index is 0.0498. The largest absolute Gasteiger partial charge is 0.343 e. The van der Waals surface area contributed by atoms with Crippen molar-refractivity contribution in [3.05, 3.63) is 54.3 Å². The first kappa shape index (κ1) is 19.3. The molecule has 1 amide bonds. The van der Waals surface area contributed by atoms with Crippen LogP contribution in [0.2, 0.25) is 0 Å². The Morgan fingerprint density at radius 1 is 1.07 bits per heavy atom. The second-order valence-corrected chi connectivity index (χ2v) is 7.40. The zero-order chi connectivity index (χ0) is 20.4. The molecular weight excluding hydrogens is 389 g/mol. The zero-order valence-electron chi connectivity index (χ0n) is 16.2. The van der Waals surface area contributed by atoms with Crippen molar-refractivity contribution in [1.29, 1.82) is 0 Å². The van der Waals surface area contributed by atoms with Crippen molar-refractivity contribution in [2.45, 2.75) is 19.0 Å². The lowest BCUT2D eigenvalue weighted by atomic mass is 10.2. The molecule has 0 aliphatic carbocycles. The average Bonchev–Trinajstić information content (AvgIpc) is 3.17. The molecule has 0 unspecified atom stereocenters. The molecule has 0 fully saturated rings. The van der Waals surface area contributed by atoms with Crippen molar-refractivity contribution in [2.75, 3.05) is 18.8 Å². The minimum Gasteiger partial charge on any atom is -0.343 e. The summed E-state index contributed by atoms with van der Waals surface area (Å²) in [6, 6.07) is 13.9. The third-order valence-electron chi connectivity index (χ3n) is 4.76. The predicted molar refractivity (Wildman–Crippen MR) is 112 cm³/mol. The topological polar surface area (TPSA) is 63.4 Å². The lowest BCUT2D eigenvalue weighted by Gasteiger charge is -2.18. The SMILES string of the molecule is CCN(CC)C(=O)CSc1nnc2c3ccccc3nc(-c3ccc(F)cc3)n12. The summed E-state index contributed by atoms with van der Waals surface area (Å²) in [5.74, 6) is 0.613. The van der Waals surface area contributed by atoms with Crippen LogP contribution in [0.4, 0.5) is 4.39 Å². The van der Waals surface area contributed by atoms with Gasteiger partial charge in [-0.25, -0.2) is 9.37 Å². The number of rotatable bonds is 6. The van der Waals surface area contributed by atoms with Gasteiger partial charge in [0.05, 0.1) is 11.3 Å². The molecule has 4 rings (SSSR count). The first-order valence-corrected chi connectivity index (χ1v) is 10.4. The number of hydrogen-bond acceptors (Lipinski definition) is 5. The number of benzene rings is 2.